The van der Waals surface area contributed by atoms with E-state index in [4.69, 9.17) is 4.74 Å². The number of piperazine rings is 1. The Kier molecular flexibility index (Phi) is 4.95. The van der Waals surface area contributed by atoms with Gasteiger partial charge in [0.2, 0.25) is 0 Å². The van der Waals surface area contributed by atoms with Crippen LogP contribution in [0.2, 0.25) is 0 Å². The van der Waals surface area contributed by atoms with Crippen LogP contribution in [0, 0.1) is 0 Å². The van der Waals surface area contributed by atoms with Crippen LogP contribution in [0.1, 0.15) is 11.1 Å². The van der Waals surface area contributed by atoms with Gasteiger partial charge in [-0.05, 0) is 18.1 Å². The van der Waals surface area contributed by atoms with Gasteiger partial charge >= 0.3 is 6.18 Å². The quantitative estimate of drug-likeness (QED) is 0.891. The van der Waals surface area contributed by atoms with Gasteiger partial charge in [0.05, 0.1) is 7.11 Å². The number of nitrogens with zero attached hydrogens (tertiary/aromatic N) is 1. The second kappa shape index (κ2) is 6.53. The average Bonchev–Trinajstić information content (AvgIpc) is 2.45. The van der Waals surface area contributed by atoms with Crippen molar-refractivity contribution in [2.75, 3.05) is 39.8 Å². The lowest BCUT2D eigenvalue weighted by molar-refractivity contribution is -0.138. The van der Waals surface area contributed by atoms with Crippen LogP contribution in [0.3, 0.4) is 0 Å². The minimum Gasteiger partial charge on any atom is -0.504 e. The van der Waals surface area contributed by atoms with E-state index in [9.17, 15) is 18.3 Å². The smallest absolute Gasteiger partial charge is 0.420 e. The van der Waals surface area contributed by atoms with Gasteiger partial charge in [-0.2, -0.15) is 13.2 Å². The number of alkyl halides is 3. The van der Waals surface area contributed by atoms with Crippen molar-refractivity contribution in [3.8, 4) is 11.5 Å². The monoisotopic (exact) mass is 304 g/mol. The third-order valence-corrected chi connectivity index (χ3v) is 3.63. The van der Waals surface area contributed by atoms with Gasteiger partial charge in [-0.1, -0.05) is 6.07 Å². The van der Waals surface area contributed by atoms with Crippen molar-refractivity contribution in [3.63, 3.8) is 0 Å². The minimum atomic E-state index is -4.54. The van der Waals surface area contributed by atoms with Gasteiger partial charge in [-0.3, -0.25) is 0 Å². The molecule has 2 N–H and O–H groups in total. The third-order valence-electron chi connectivity index (χ3n) is 3.63. The number of methoxy groups -OCH3 is 1. The number of ether oxygens (including phenoxy) is 1. The van der Waals surface area contributed by atoms with Gasteiger partial charge in [-0.25, -0.2) is 0 Å². The maximum Gasteiger partial charge on any atom is 0.420 e. The van der Waals surface area contributed by atoms with E-state index < -0.39 is 23.2 Å². The molecule has 2 rings (SSSR count). The lowest BCUT2D eigenvalue weighted by Gasteiger charge is -2.27. The van der Waals surface area contributed by atoms with Crippen molar-refractivity contribution in [2.45, 2.75) is 12.6 Å². The van der Waals surface area contributed by atoms with E-state index in [-0.39, 0.29) is 0 Å². The zero-order valence-electron chi connectivity index (χ0n) is 11.8. The maximum atomic E-state index is 12.8. The summed E-state index contributed by atoms with van der Waals surface area (Å²) < 4.78 is 43.2. The number of phenols is 1. The molecule has 0 unspecified atom stereocenters. The molecule has 1 aromatic carbocycles. The maximum absolute atomic E-state index is 12.8. The SMILES string of the molecule is COc1c(C(F)(F)F)ccc(CCN2CCNCC2)c1O. The summed E-state index contributed by atoms with van der Waals surface area (Å²) >= 11 is 0. The molecule has 7 heteroatoms. The number of benzene rings is 1. The highest BCUT2D eigenvalue weighted by atomic mass is 19.4. The van der Waals surface area contributed by atoms with Crippen LogP contribution in [-0.2, 0) is 12.6 Å². The predicted octanol–water partition coefficient (Wildman–Crippen LogP) is 1.87. The summed E-state index contributed by atoms with van der Waals surface area (Å²) in [6.45, 7) is 4.31. The Balaban J connectivity index is 2.13. The molecule has 21 heavy (non-hydrogen) atoms. The van der Waals surface area contributed by atoms with Gasteiger partial charge in [0.25, 0.3) is 0 Å². The molecule has 1 saturated heterocycles. The number of halogens is 3. The number of hydrogen-bond donors (Lipinski definition) is 2. The zero-order valence-corrected chi connectivity index (χ0v) is 11.8. The molecule has 0 bridgehead atoms. The van der Waals surface area contributed by atoms with Crippen LogP contribution < -0.4 is 10.1 Å². The van der Waals surface area contributed by atoms with Crippen molar-refractivity contribution in [1.82, 2.24) is 10.2 Å². The summed E-state index contributed by atoms with van der Waals surface area (Å²) in [6.07, 6.45) is -4.06. The predicted molar refractivity (Wildman–Crippen MR) is 72.7 cm³/mol. The van der Waals surface area contributed by atoms with Gasteiger partial charge < -0.3 is 20.1 Å². The molecule has 1 aliphatic rings. The molecule has 0 atom stereocenters. The van der Waals surface area contributed by atoms with E-state index in [1.807, 2.05) is 0 Å². The first kappa shape index (κ1) is 15.9. The Hall–Kier alpha value is -1.47. The molecule has 118 valence electrons. The lowest BCUT2D eigenvalue weighted by Crippen LogP contribution is -2.44. The molecule has 1 aromatic rings. The van der Waals surface area contributed by atoms with E-state index in [0.29, 0.717) is 18.5 Å². The fraction of sp³-hybridized carbons (Fsp3) is 0.571. The summed E-state index contributed by atoms with van der Waals surface area (Å²) in [5.41, 5.74) is -0.480. The molecule has 0 radical (unpaired) electrons. The summed E-state index contributed by atoms with van der Waals surface area (Å²) in [7, 11) is 1.13. The first-order valence-electron chi connectivity index (χ1n) is 6.82. The first-order chi connectivity index (χ1) is 9.93. The van der Waals surface area contributed by atoms with Gasteiger partial charge in [0.1, 0.15) is 5.56 Å². The molecule has 0 spiro atoms. The fourth-order valence-electron chi connectivity index (χ4n) is 2.46. The molecule has 0 aliphatic carbocycles. The zero-order chi connectivity index (χ0) is 15.5. The molecule has 1 aliphatic heterocycles. The van der Waals surface area contributed by atoms with E-state index >= 15 is 0 Å². The van der Waals surface area contributed by atoms with E-state index in [1.165, 1.54) is 6.07 Å². The topological polar surface area (TPSA) is 44.7 Å². The summed E-state index contributed by atoms with van der Waals surface area (Å²) in [4.78, 5) is 2.21. The molecule has 1 heterocycles. The van der Waals surface area contributed by atoms with Crippen molar-refractivity contribution in [3.05, 3.63) is 23.3 Å². The van der Waals surface area contributed by atoms with E-state index in [2.05, 4.69) is 10.2 Å². The summed E-state index contributed by atoms with van der Waals surface area (Å²) in [5.74, 6) is -0.914. The fourth-order valence-corrected chi connectivity index (χ4v) is 2.46. The largest absolute Gasteiger partial charge is 0.504 e. The second-order valence-corrected chi connectivity index (χ2v) is 4.99. The Morgan fingerprint density at radius 2 is 1.95 bits per heavy atom. The van der Waals surface area contributed by atoms with Crippen LogP contribution in [0.25, 0.3) is 0 Å². The van der Waals surface area contributed by atoms with Gasteiger partial charge in [0, 0.05) is 32.7 Å². The van der Waals surface area contributed by atoms with Crippen molar-refractivity contribution in [1.29, 1.82) is 0 Å². The Bertz CT molecular complexity index is 486. The van der Waals surface area contributed by atoms with Crippen LogP contribution >= 0.6 is 0 Å². The molecule has 1 fully saturated rings. The van der Waals surface area contributed by atoms with Crippen LogP contribution in [0.5, 0.6) is 11.5 Å². The molecule has 0 saturated carbocycles. The van der Waals surface area contributed by atoms with E-state index in [1.54, 1.807) is 0 Å². The normalized spacial score (nSPS) is 17.0. The molecular weight excluding hydrogens is 285 g/mol. The number of hydrogen-bond acceptors (Lipinski definition) is 4. The first-order valence-corrected chi connectivity index (χ1v) is 6.82. The van der Waals surface area contributed by atoms with Gasteiger partial charge in [-0.15, -0.1) is 0 Å². The summed E-state index contributed by atoms with van der Waals surface area (Å²) in [5, 5.41) is 13.2. The number of rotatable bonds is 4. The highest BCUT2D eigenvalue weighted by Gasteiger charge is 2.36. The van der Waals surface area contributed by atoms with Crippen LogP contribution in [-0.4, -0.2) is 49.8 Å². The number of nitrogens with one attached hydrogen (secondary N) is 1. The average molecular weight is 304 g/mol. The van der Waals surface area contributed by atoms with Crippen molar-refractivity contribution in [2.24, 2.45) is 0 Å². The standard InChI is InChI=1S/C14H19F3N2O2/c1-21-13-11(14(15,16)17)3-2-10(12(13)20)4-7-19-8-5-18-6-9-19/h2-3,18,20H,4-9H2,1H3. The van der Waals surface area contributed by atoms with Crippen molar-refractivity contribution < 1.29 is 23.0 Å². The highest BCUT2D eigenvalue weighted by molar-refractivity contribution is 5.52. The van der Waals surface area contributed by atoms with E-state index in [0.717, 1.165) is 39.4 Å². The minimum absolute atomic E-state index is 0.414. The van der Waals surface area contributed by atoms with Crippen molar-refractivity contribution >= 4 is 0 Å². The molecule has 0 amide bonds. The lowest BCUT2D eigenvalue weighted by atomic mass is 10.0. The molecule has 0 aromatic heterocycles. The van der Waals surface area contributed by atoms with Crippen LogP contribution in [0.15, 0.2) is 12.1 Å². The third kappa shape index (κ3) is 3.79. The number of phenolic OH excluding ortho intramolecular Hbond substituents is 1. The highest BCUT2D eigenvalue weighted by Crippen LogP contribution is 2.42. The van der Waals surface area contributed by atoms with Crippen LogP contribution in [0.4, 0.5) is 13.2 Å². The molecular formula is C14H19F3N2O2. The van der Waals surface area contributed by atoms with Gasteiger partial charge in [0.15, 0.2) is 11.5 Å². The summed E-state index contributed by atoms with van der Waals surface area (Å²) in [6, 6.07) is 2.29. The molecule has 4 nitrogen and oxygen atoms in total. The Morgan fingerprint density at radius 3 is 2.52 bits per heavy atom. The second-order valence-electron chi connectivity index (χ2n) is 4.99. The Labute approximate surface area is 121 Å². The number of aromatic hydroxyl groups is 1. The Morgan fingerprint density at radius 1 is 1.29 bits per heavy atom.